The summed E-state index contributed by atoms with van der Waals surface area (Å²) >= 11 is 0. The Bertz CT molecular complexity index is 640. The van der Waals surface area contributed by atoms with E-state index in [-0.39, 0.29) is 16.5 Å². The number of rotatable bonds is 6. The Kier molecular flexibility index (Phi) is 5.45. The van der Waals surface area contributed by atoms with E-state index >= 15 is 0 Å². The number of nitrogens with zero attached hydrogens (tertiary/aromatic N) is 1. The predicted octanol–water partition coefficient (Wildman–Crippen LogP) is 0.358. The lowest BCUT2D eigenvalue weighted by Crippen LogP contribution is -2.33. The molecule has 0 aliphatic carbocycles. The van der Waals surface area contributed by atoms with Crippen LogP contribution in [0.2, 0.25) is 0 Å². The van der Waals surface area contributed by atoms with Gasteiger partial charge in [0.25, 0.3) is 5.91 Å². The Morgan fingerprint density at radius 1 is 1.33 bits per heavy atom. The van der Waals surface area contributed by atoms with Gasteiger partial charge in [-0.15, -0.1) is 0 Å². The monoisotopic (exact) mass is 314 g/mol. The van der Waals surface area contributed by atoms with Crippen molar-refractivity contribution in [2.24, 2.45) is 5.73 Å². The highest BCUT2D eigenvalue weighted by atomic mass is 32.2. The summed E-state index contributed by atoms with van der Waals surface area (Å²) in [4.78, 5) is 22.2. The van der Waals surface area contributed by atoms with Crippen LogP contribution in [-0.2, 0) is 19.6 Å². The lowest BCUT2D eigenvalue weighted by molar-refractivity contribution is -0.121. The molecule has 2 N–H and O–H groups in total. The fraction of sp³-hybridized carbons (Fsp3) is 0.385. The predicted molar refractivity (Wildman–Crippen MR) is 76.0 cm³/mol. The fourth-order valence-corrected chi connectivity index (χ4v) is 2.86. The molecule has 0 aliphatic heterocycles. The van der Waals surface area contributed by atoms with Crippen LogP contribution < -0.4 is 5.73 Å². The summed E-state index contributed by atoms with van der Waals surface area (Å²) < 4.78 is 30.5. The molecule has 8 heteroatoms. The van der Waals surface area contributed by atoms with Crippen LogP contribution in [0.4, 0.5) is 0 Å². The van der Waals surface area contributed by atoms with E-state index in [2.05, 4.69) is 4.74 Å². The van der Waals surface area contributed by atoms with Crippen molar-refractivity contribution in [3.8, 4) is 0 Å². The van der Waals surface area contributed by atoms with E-state index in [1.54, 1.807) is 13.8 Å². The van der Waals surface area contributed by atoms with Gasteiger partial charge >= 0.3 is 5.97 Å². The third kappa shape index (κ3) is 4.27. The van der Waals surface area contributed by atoms with Gasteiger partial charge in [0.05, 0.1) is 10.5 Å². The first-order valence-electron chi connectivity index (χ1n) is 6.19. The lowest BCUT2D eigenvalue weighted by Gasteiger charge is -2.21. The molecule has 1 rings (SSSR count). The van der Waals surface area contributed by atoms with Crippen molar-refractivity contribution in [2.75, 3.05) is 13.7 Å². The molecule has 0 radical (unpaired) electrons. The Balaban J connectivity index is 3.06. The van der Waals surface area contributed by atoms with Gasteiger partial charge in [0.2, 0.25) is 10.0 Å². The Morgan fingerprint density at radius 2 is 1.95 bits per heavy atom. The molecule has 1 aromatic carbocycles. The SMILES string of the molecule is CC(C)N(C)S(=O)(=O)c1cccc(C(=O)OCC(N)=O)c1. The van der Waals surface area contributed by atoms with Gasteiger partial charge in [-0.25, -0.2) is 13.2 Å². The third-order valence-electron chi connectivity index (χ3n) is 2.82. The second-order valence-corrected chi connectivity index (χ2v) is 6.68. The molecular weight excluding hydrogens is 296 g/mol. The number of benzene rings is 1. The molecule has 0 aromatic heterocycles. The van der Waals surface area contributed by atoms with Gasteiger partial charge in [0.1, 0.15) is 0 Å². The quantitative estimate of drug-likeness (QED) is 0.763. The Hall–Kier alpha value is -1.93. The van der Waals surface area contributed by atoms with E-state index in [9.17, 15) is 18.0 Å². The number of esters is 1. The summed E-state index contributed by atoms with van der Waals surface area (Å²) in [5, 5.41) is 0. The number of hydrogen-bond acceptors (Lipinski definition) is 5. The summed E-state index contributed by atoms with van der Waals surface area (Å²) in [7, 11) is -2.24. The lowest BCUT2D eigenvalue weighted by atomic mass is 10.2. The zero-order valence-electron chi connectivity index (χ0n) is 12.1. The molecule has 116 valence electrons. The minimum Gasteiger partial charge on any atom is -0.452 e. The van der Waals surface area contributed by atoms with Crippen molar-refractivity contribution in [3.05, 3.63) is 29.8 Å². The number of carbonyl (C=O) groups excluding carboxylic acids is 2. The van der Waals surface area contributed by atoms with Gasteiger partial charge < -0.3 is 10.5 Å². The Morgan fingerprint density at radius 3 is 2.48 bits per heavy atom. The van der Waals surface area contributed by atoms with E-state index in [4.69, 9.17) is 5.73 Å². The van der Waals surface area contributed by atoms with E-state index in [1.165, 1.54) is 35.6 Å². The van der Waals surface area contributed by atoms with Crippen LogP contribution in [0.3, 0.4) is 0 Å². The van der Waals surface area contributed by atoms with Gasteiger partial charge in [-0.3, -0.25) is 4.79 Å². The van der Waals surface area contributed by atoms with E-state index in [1.807, 2.05) is 0 Å². The van der Waals surface area contributed by atoms with Gasteiger partial charge in [0, 0.05) is 13.1 Å². The second-order valence-electron chi connectivity index (χ2n) is 4.69. The van der Waals surface area contributed by atoms with Crippen LogP contribution in [0.25, 0.3) is 0 Å². The summed E-state index contributed by atoms with van der Waals surface area (Å²) in [6, 6.07) is 5.21. The number of hydrogen-bond donors (Lipinski definition) is 1. The number of amides is 1. The van der Waals surface area contributed by atoms with Gasteiger partial charge in [-0.05, 0) is 32.0 Å². The van der Waals surface area contributed by atoms with Crippen LogP contribution >= 0.6 is 0 Å². The van der Waals surface area contributed by atoms with Gasteiger partial charge in [-0.1, -0.05) is 6.07 Å². The van der Waals surface area contributed by atoms with Crippen LogP contribution in [0.15, 0.2) is 29.2 Å². The molecular formula is C13H18N2O5S. The molecule has 0 aliphatic rings. The van der Waals surface area contributed by atoms with Crippen LogP contribution in [0, 0.1) is 0 Å². The second kappa shape index (κ2) is 6.68. The van der Waals surface area contributed by atoms with Crippen molar-refractivity contribution >= 4 is 21.9 Å². The zero-order valence-corrected chi connectivity index (χ0v) is 12.9. The maximum Gasteiger partial charge on any atom is 0.338 e. The smallest absolute Gasteiger partial charge is 0.338 e. The molecule has 1 amide bonds. The summed E-state index contributed by atoms with van der Waals surface area (Å²) in [5.74, 6) is -1.59. The molecule has 0 spiro atoms. The molecule has 0 heterocycles. The molecule has 0 saturated heterocycles. The number of nitrogens with two attached hydrogens (primary N) is 1. The minimum absolute atomic E-state index is 0.0211. The summed E-state index contributed by atoms with van der Waals surface area (Å²) in [5.41, 5.74) is 4.91. The molecule has 0 fully saturated rings. The molecule has 0 unspecified atom stereocenters. The topological polar surface area (TPSA) is 107 Å². The first kappa shape index (κ1) is 17.1. The number of ether oxygens (including phenoxy) is 1. The highest BCUT2D eigenvalue weighted by Crippen LogP contribution is 2.18. The first-order valence-corrected chi connectivity index (χ1v) is 7.63. The Labute approximate surface area is 123 Å². The molecule has 0 bridgehead atoms. The van der Waals surface area contributed by atoms with Crippen molar-refractivity contribution in [3.63, 3.8) is 0 Å². The van der Waals surface area contributed by atoms with E-state index in [0.717, 1.165) is 0 Å². The maximum absolute atomic E-state index is 12.3. The summed E-state index contributed by atoms with van der Waals surface area (Å²) in [6.45, 7) is 2.92. The highest BCUT2D eigenvalue weighted by molar-refractivity contribution is 7.89. The number of carbonyl (C=O) groups is 2. The summed E-state index contributed by atoms with van der Waals surface area (Å²) in [6.07, 6.45) is 0. The first-order chi connectivity index (χ1) is 9.66. The van der Waals surface area contributed by atoms with E-state index in [0.29, 0.717) is 0 Å². The molecule has 0 atom stereocenters. The molecule has 7 nitrogen and oxygen atoms in total. The largest absolute Gasteiger partial charge is 0.452 e. The number of primary amides is 1. The molecule has 0 saturated carbocycles. The maximum atomic E-state index is 12.3. The van der Waals surface area contributed by atoms with Crippen LogP contribution in [0.5, 0.6) is 0 Å². The van der Waals surface area contributed by atoms with Crippen molar-refractivity contribution in [1.29, 1.82) is 0 Å². The average Bonchev–Trinajstić information content (AvgIpc) is 2.43. The molecule has 21 heavy (non-hydrogen) atoms. The highest BCUT2D eigenvalue weighted by Gasteiger charge is 2.24. The van der Waals surface area contributed by atoms with Gasteiger partial charge in [0.15, 0.2) is 6.61 Å². The normalized spacial score (nSPS) is 11.7. The van der Waals surface area contributed by atoms with Crippen molar-refractivity contribution < 1.29 is 22.7 Å². The standard InChI is InChI=1S/C13H18N2O5S/c1-9(2)15(3)21(18,19)11-6-4-5-10(7-11)13(17)20-8-12(14)16/h4-7,9H,8H2,1-3H3,(H2,14,16). The van der Waals surface area contributed by atoms with Crippen molar-refractivity contribution in [1.82, 2.24) is 4.31 Å². The number of sulfonamides is 1. The average molecular weight is 314 g/mol. The zero-order chi connectivity index (χ0) is 16.2. The van der Waals surface area contributed by atoms with Gasteiger partial charge in [-0.2, -0.15) is 4.31 Å². The van der Waals surface area contributed by atoms with Crippen LogP contribution in [-0.4, -0.2) is 44.3 Å². The van der Waals surface area contributed by atoms with Crippen molar-refractivity contribution in [2.45, 2.75) is 24.8 Å². The fourth-order valence-electron chi connectivity index (χ4n) is 1.45. The third-order valence-corrected chi connectivity index (χ3v) is 4.85. The minimum atomic E-state index is -3.69. The van der Waals surface area contributed by atoms with E-state index < -0.39 is 28.5 Å². The molecule has 1 aromatic rings. The van der Waals surface area contributed by atoms with Crippen LogP contribution in [0.1, 0.15) is 24.2 Å².